The Balaban J connectivity index is 2.00. The molecule has 2 rings (SSSR count). The molecule has 2 fully saturated rings. The van der Waals surface area contributed by atoms with Crippen molar-refractivity contribution in [2.24, 2.45) is 0 Å². The molecule has 78 valence electrons. The molecule has 14 heavy (non-hydrogen) atoms. The first-order valence-electron chi connectivity index (χ1n) is 4.98. The van der Waals surface area contributed by atoms with Gasteiger partial charge in [0.1, 0.15) is 0 Å². The van der Waals surface area contributed by atoms with Gasteiger partial charge in [0.2, 0.25) is 11.8 Å². The van der Waals surface area contributed by atoms with Crippen molar-refractivity contribution in [1.29, 1.82) is 0 Å². The number of hydrogen-bond acceptors (Lipinski definition) is 4. The van der Waals surface area contributed by atoms with Crippen LogP contribution < -0.4 is 10.6 Å². The highest BCUT2D eigenvalue weighted by Crippen LogP contribution is 2.12. The maximum absolute atomic E-state index is 11.4. The van der Waals surface area contributed by atoms with E-state index in [1.54, 1.807) is 0 Å². The maximum Gasteiger partial charge on any atom is 0.244 e. The van der Waals surface area contributed by atoms with Crippen LogP contribution in [0, 0.1) is 0 Å². The van der Waals surface area contributed by atoms with Gasteiger partial charge in [0.25, 0.3) is 0 Å². The van der Waals surface area contributed by atoms with Gasteiger partial charge in [-0.3, -0.25) is 19.8 Å². The summed E-state index contributed by atoms with van der Waals surface area (Å²) in [6, 6.07) is 0.166. The van der Waals surface area contributed by atoms with Crippen molar-refractivity contribution in [2.45, 2.75) is 25.4 Å². The summed E-state index contributed by atoms with van der Waals surface area (Å²) in [4.78, 5) is 24.5. The van der Waals surface area contributed by atoms with E-state index < -0.39 is 0 Å². The first-order chi connectivity index (χ1) is 6.66. The van der Waals surface area contributed by atoms with Crippen LogP contribution >= 0.6 is 0 Å². The number of carbonyl (C=O) groups is 2. The second-order valence-electron chi connectivity index (χ2n) is 3.98. The Kier molecular flexibility index (Phi) is 2.52. The van der Waals surface area contributed by atoms with Crippen molar-refractivity contribution in [2.75, 3.05) is 19.6 Å². The van der Waals surface area contributed by atoms with E-state index in [0.717, 1.165) is 19.6 Å². The van der Waals surface area contributed by atoms with Crippen molar-refractivity contribution in [3.8, 4) is 0 Å². The van der Waals surface area contributed by atoms with Gasteiger partial charge in [0, 0.05) is 25.7 Å². The molecule has 0 aliphatic carbocycles. The molecular formula is C9H15N3O2. The number of nitrogens with one attached hydrogen (secondary N) is 2. The number of amides is 2. The molecule has 5 nitrogen and oxygen atoms in total. The largest absolute Gasteiger partial charge is 0.312 e. The highest BCUT2D eigenvalue weighted by molar-refractivity contribution is 6.05. The van der Waals surface area contributed by atoms with Crippen LogP contribution in [0.25, 0.3) is 0 Å². The van der Waals surface area contributed by atoms with E-state index in [1.165, 1.54) is 0 Å². The fourth-order valence-corrected chi connectivity index (χ4v) is 2.08. The maximum atomic E-state index is 11.4. The predicted molar refractivity (Wildman–Crippen MR) is 50.6 cm³/mol. The summed E-state index contributed by atoms with van der Waals surface area (Å²) in [5, 5.41) is 5.64. The molecule has 1 unspecified atom stereocenters. The molecular weight excluding hydrogens is 182 g/mol. The summed E-state index contributed by atoms with van der Waals surface area (Å²) < 4.78 is 0. The van der Waals surface area contributed by atoms with Crippen molar-refractivity contribution in [3.05, 3.63) is 0 Å². The summed E-state index contributed by atoms with van der Waals surface area (Å²) in [5.74, 6) is -0.282. The Morgan fingerprint density at radius 1 is 1.43 bits per heavy atom. The van der Waals surface area contributed by atoms with E-state index in [-0.39, 0.29) is 17.9 Å². The fraction of sp³-hybridized carbons (Fsp3) is 0.778. The van der Waals surface area contributed by atoms with Gasteiger partial charge in [0.15, 0.2) is 0 Å². The van der Waals surface area contributed by atoms with Gasteiger partial charge >= 0.3 is 0 Å². The molecule has 2 amide bonds. The zero-order valence-electron chi connectivity index (χ0n) is 8.25. The molecule has 5 heteroatoms. The minimum atomic E-state index is -0.230. The normalized spacial score (nSPS) is 34.6. The van der Waals surface area contributed by atoms with Crippen LogP contribution in [0.5, 0.6) is 0 Å². The third-order valence-corrected chi connectivity index (χ3v) is 2.78. The molecule has 0 aromatic rings. The molecule has 0 radical (unpaired) electrons. The number of imide groups is 1. The Morgan fingerprint density at radius 2 is 2.21 bits per heavy atom. The molecule has 2 saturated heterocycles. The van der Waals surface area contributed by atoms with E-state index in [2.05, 4.69) is 22.5 Å². The third kappa shape index (κ3) is 1.78. The summed E-state index contributed by atoms with van der Waals surface area (Å²) in [6.07, 6.45) is 0.325. The summed E-state index contributed by atoms with van der Waals surface area (Å²) in [6.45, 7) is 4.65. The van der Waals surface area contributed by atoms with Crippen molar-refractivity contribution >= 4 is 11.8 Å². The van der Waals surface area contributed by atoms with Crippen LogP contribution in [-0.2, 0) is 9.59 Å². The van der Waals surface area contributed by atoms with Crippen LogP contribution in [-0.4, -0.2) is 48.4 Å². The second kappa shape index (κ2) is 3.67. The zero-order valence-corrected chi connectivity index (χ0v) is 8.25. The summed E-state index contributed by atoms with van der Waals surface area (Å²) in [7, 11) is 0. The first-order valence-corrected chi connectivity index (χ1v) is 4.98. The van der Waals surface area contributed by atoms with Gasteiger partial charge in [-0.05, 0) is 6.92 Å². The quantitative estimate of drug-likeness (QED) is 0.513. The van der Waals surface area contributed by atoms with Gasteiger partial charge in [0.05, 0.1) is 12.5 Å². The molecule has 2 aliphatic heterocycles. The molecule has 2 atom stereocenters. The van der Waals surface area contributed by atoms with Crippen molar-refractivity contribution < 1.29 is 9.59 Å². The lowest BCUT2D eigenvalue weighted by Gasteiger charge is -2.34. The molecule has 0 saturated carbocycles. The number of hydrogen-bond donors (Lipinski definition) is 2. The Morgan fingerprint density at radius 3 is 2.79 bits per heavy atom. The Labute approximate surface area is 82.8 Å². The van der Waals surface area contributed by atoms with E-state index in [4.69, 9.17) is 0 Å². The standard InChI is InChI=1S/C9H15N3O2/c1-6-5-12(3-2-10-6)7-4-8(13)11-9(7)14/h6-7,10H,2-5H2,1H3,(H,11,13,14)/t6-,7?/m0/s1. The van der Waals surface area contributed by atoms with Gasteiger partial charge < -0.3 is 5.32 Å². The molecule has 0 aromatic carbocycles. The molecule has 0 bridgehead atoms. The SMILES string of the molecule is C[C@H]1CN(C2CC(=O)NC2=O)CCN1. The van der Waals surface area contributed by atoms with Gasteiger partial charge in [-0.1, -0.05) is 0 Å². The van der Waals surface area contributed by atoms with Gasteiger partial charge in [-0.2, -0.15) is 0 Å². The summed E-state index contributed by atoms with van der Waals surface area (Å²) in [5.41, 5.74) is 0. The van der Waals surface area contributed by atoms with E-state index >= 15 is 0 Å². The molecule has 2 heterocycles. The first kappa shape index (κ1) is 9.61. The molecule has 2 N–H and O–H groups in total. The monoisotopic (exact) mass is 197 g/mol. The molecule has 0 spiro atoms. The predicted octanol–water partition coefficient (Wildman–Crippen LogP) is -1.30. The second-order valence-corrected chi connectivity index (χ2v) is 3.98. The number of nitrogens with zero attached hydrogens (tertiary/aromatic N) is 1. The van der Waals surface area contributed by atoms with E-state index in [9.17, 15) is 9.59 Å². The number of rotatable bonds is 1. The minimum Gasteiger partial charge on any atom is -0.312 e. The van der Waals surface area contributed by atoms with Crippen molar-refractivity contribution in [1.82, 2.24) is 15.5 Å². The highest BCUT2D eigenvalue weighted by Gasteiger charge is 2.36. The zero-order chi connectivity index (χ0) is 10.1. The average Bonchev–Trinajstić information content (AvgIpc) is 2.45. The molecule has 2 aliphatic rings. The third-order valence-electron chi connectivity index (χ3n) is 2.78. The number of carbonyl (C=O) groups excluding carboxylic acids is 2. The van der Waals surface area contributed by atoms with Crippen molar-refractivity contribution in [3.63, 3.8) is 0 Å². The van der Waals surface area contributed by atoms with Gasteiger partial charge in [-0.15, -0.1) is 0 Å². The van der Waals surface area contributed by atoms with Crippen LogP contribution in [0.15, 0.2) is 0 Å². The lowest BCUT2D eigenvalue weighted by atomic mass is 10.1. The minimum absolute atomic E-state index is 0.135. The summed E-state index contributed by atoms with van der Waals surface area (Å²) >= 11 is 0. The van der Waals surface area contributed by atoms with E-state index in [1.807, 2.05) is 0 Å². The smallest absolute Gasteiger partial charge is 0.244 e. The lowest BCUT2D eigenvalue weighted by Crippen LogP contribution is -2.54. The fourth-order valence-electron chi connectivity index (χ4n) is 2.08. The number of piperazine rings is 1. The average molecular weight is 197 g/mol. The van der Waals surface area contributed by atoms with Crippen LogP contribution in [0.4, 0.5) is 0 Å². The highest BCUT2D eigenvalue weighted by atomic mass is 16.2. The van der Waals surface area contributed by atoms with Crippen LogP contribution in [0.1, 0.15) is 13.3 Å². The van der Waals surface area contributed by atoms with Crippen LogP contribution in [0.3, 0.4) is 0 Å². The molecule has 0 aromatic heterocycles. The Hall–Kier alpha value is -0.940. The lowest BCUT2D eigenvalue weighted by molar-refractivity contribution is -0.126. The van der Waals surface area contributed by atoms with Gasteiger partial charge in [-0.25, -0.2) is 0 Å². The topological polar surface area (TPSA) is 61.4 Å². The Bertz CT molecular complexity index is 267. The van der Waals surface area contributed by atoms with Crippen LogP contribution in [0.2, 0.25) is 0 Å². The van der Waals surface area contributed by atoms with E-state index in [0.29, 0.717) is 12.5 Å².